The van der Waals surface area contributed by atoms with Gasteiger partial charge >= 0.3 is 0 Å². The number of aliphatic hydroxyl groups is 1. The van der Waals surface area contributed by atoms with Crippen molar-refractivity contribution >= 4 is 23.3 Å². The second-order valence-corrected chi connectivity index (χ2v) is 11.3. The van der Waals surface area contributed by atoms with Crippen LogP contribution in [0.4, 0.5) is 0 Å². The summed E-state index contributed by atoms with van der Waals surface area (Å²) in [4.78, 5) is 2.56. The fourth-order valence-corrected chi connectivity index (χ4v) is 6.68. The average Bonchev–Trinajstić information content (AvgIpc) is 3.69. The summed E-state index contributed by atoms with van der Waals surface area (Å²) in [5.41, 5.74) is 5.35. The van der Waals surface area contributed by atoms with Gasteiger partial charge in [-0.2, -0.15) is 5.26 Å². The van der Waals surface area contributed by atoms with Crippen LogP contribution in [0.1, 0.15) is 55.8 Å². The van der Waals surface area contributed by atoms with Gasteiger partial charge in [-0.3, -0.25) is 4.72 Å². The van der Waals surface area contributed by atoms with Crippen molar-refractivity contribution in [1.29, 1.82) is 5.26 Å². The number of fused-ring (bicyclic) bond motifs is 1. The van der Waals surface area contributed by atoms with E-state index >= 15 is 0 Å². The van der Waals surface area contributed by atoms with Gasteiger partial charge < -0.3 is 14.7 Å². The van der Waals surface area contributed by atoms with Gasteiger partial charge in [-0.25, -0.2) is 0 Å². The molecule has 0 radical (unpaired) electrons. The van der Waals surface area contributed by atoms with Gasteiger partial charge in [0.25, 0.3) is 0 Å². The SMILES string of the molecule is CC(C)Oc1ccc(-c2nnc(-c3cccc4c3CCC4NSCCN3CCCC3)s2)cc1C#N.CO. The predicted molar refractivity (Wildman–Crippen MR) is 152 cm³/mol. The minimum atomic E-state index is 0.0167. The van der Waals surface area contributed by atoms with E-state index in [2.05, 4.69) is 44.1 Å². The first-order chi connectivity index (χ1) is 18.1. The third-order valence-corrected chi connectivity index (χ3v) is 8.41. The van der Waals surface area contributed by atoms with E-state index in [-0.39, 0.29) is 6.10 Å². The highest BCUT2D eigenvalue weighted by molar-refractivity contribution is 7.97. The van der Waals surface area contributed by atoms with Gasteiger partial charge in [0.1, 0.15) is 21.8 Å². The fraction of sp³-hybridized carbons (Fsp3) is 0.464. The number of nitriles is 1. The Morgan fingerprint density at radius 2 is 1.97 bits per heavy atom. The summed E-state index contributed by atoms with van der Waals surface area (Å²) in [6, 6.07) is 14.8. The zero-order valence-electron chi connectivity index (χ0n) is 21.7. The molecule has 2 N–H and O–H groups in total. The first-order valence-electron chi connectivity index (χ1n) is 12.8. The van der Waals surface area contributed by atoms with Crippen molar-refractivity contribution in [3.8, 4) is 33.0 Å². The molecule has 1 atom stereocenters. The highest BCUT2D eigenvalue weighted by atomic mass is 32.2. The third kappa shape index (κ3) is 6.70. The maximum atomic E-state index is 9.58. The summed E-state index contributed by atoms with van der Waals surface area (Å²) < 4.78 is 9.48. The lowest BCUT2D eigenvalue weighted by atomic mass is 10.0. The normalized spacial score (nSPS) is 16.8. The van der Waals surface area contributed by atoms with Crippen molar-refractivity contribution in [1.82, 2.24) is 19.8 Å². The molecule has 1 aliphatic heterocycles. The first kappa shape index (κ1) is 27.6. The number of benzene rings is 2. The molecule has 0 spiro atoms. The van der Waals surface area contributed by atoms with E-state index in [1.54, 1.807) is 11.3 Å². The van der Waals surface area contributed by atoms with E-state index in [1.165, 1.54) is 49.2 Å². The lowest BCUT2D eigenvalue weighted by molar-refractivity contribution is 0.242. The molecule has 1 aromatic heterocycles. The second-order valence-electron chi connectivity index (χ2n) is 9.38. The summed E-state index contributed by atoms with van der Waals surface area (Å²) in [5.74, 6) is 1.73. The van der Waals surface area contributed by atoms with E-state index in [0.717, 1.165) is 41.3 Å². The van der Waals surface area contributed by atoms with Crippen molar-refractivity contribution in [2.75, 3.05) is 32.5 Å². The minimum absolute atomic E-state index is 0.0167. The molecule has 0 saturated carbocycles. The van der Waals surface area contributed by atoms with Gasteiger partial charge in [0.2, 0.25) is 0 Å². The third-order valence-electron chi connectivity index (χ3n) is 6.57. The summed E-state index contributed by atoms with van der Waals surface area (Å²) in [5, 5.41) is 27.3. The molecule has 1 saturated heterocycles. The number of aliphatic hydroxyl groups excluding tert-OH is 1. The topological polar surface area (TPSA) is 94.3 Å². The quantitative estimate of drug-likeness (QED) is 0.275. The van der Waals surface area contributed by atoms with Crippen molar-refractivity contribution in [3.05, 3.63) is 53.1 Å². The van der Waals surface area contributed by atoms with Crippen LogP contribution < -0.4 is 9.46 Å². The van der Waals surface area contributed by atoms with Crippen LogP contribution in [0.5, 0.6) is 5.75 Å². The van der Waals surface area contributed by atoms with Gasteiger partial charge in [-0.05, 0) is 81.9 Å². The number of hydrogen-bond acceptors (Lipinski definition) is 9. The molecular weight excluding hydrogens is 502 g/mol. The maximum absolute atomic E-state index is 9.58. The average molecular weight is 538 g/mol. The summed E-state index contributed by atoms with van der Waals surface area (Å²) >= 11 is 3.44. The summed E-state index contributed by atoms with van der Waals surface area (Å²) in [7, 11) is 1.00. The van der Waals surface area contributed by atoms with Crippen LogP contribution in [0, 0.1) is 11.3 Å². The number of ether oxygens (including phenoxy) is 1. The Labute approximate surface area is 228 Å². The fourth-order valence-electron chi connectivity index (χ4n) is 4.87. The van der Waals surface area contributed by atoms with Crippen molar-refractivity contribution < 1.29 is 9.84 Å². The molecule has 7 nitrogen and oxygen atoms in total. The van der Waals surface area contributed by atoms with E-state index in [0.29, 0.717) is 17.4 Å². The largest absolute Gasteiger partial charge is 0.490 e. The molecule has 1 fully saturated rings. The van der Waals surface area contributed by atoms with Crippen LogP contribution in [-0.4, -0.2) is 58.8 Å². The Bertz CT molecular complexity index is 1220. The Morgan fingerprint density at radius 1 is 1.19 bits per heavy atom. The molecule has 3 aromatic rings. The highest BCUT2D eigenvalue weighted by Gasteiger charge is 2.26. The number of hydrogen-bond donors (Lipinski definition) is 2. The van der Waals surface area contributed by atoms with Gasteiger partial charge in [-0.1, -0.05) is 41.5 Å². The monoisotopic (exact) mass is 537 g/mol. The number of nitrogens with zero attached hydrogens (tertiary/aromatic N) is 4. The predicted octanol–water partition coefficient (Wildman–Crippen LogP) is 5.46. The molecule has 9 heteroatoms. The smallest absolute Gasteiger partial charge is 0.148 e. The molecule has 2 aromatic carbocycles. The lowest BCUT2D eigenvalue weighted by Crippen LogP contribution is -2.23. The van der Waals surface area contributed by atoms with Crippen LogP contribution in [0.3, 0.4) is 0 Å². The standard InChI is InChI=1S/C27H31N5OS2.CH4O/c1-18(2)33-25-11-8-19(16-20(25)17-28)26-29-30-27(35-26)23-7-5-6-22-21(23)9-10-24(22)31-34-15-14-32-12-3-4-13-32;1-2/h5-8,11,16,18,24,31H,3-4,9-10,12-15H2,1-2H3;2H,1H3. The van der Waals surface area contributed by atoms with Crippen LogP contribution in [0.15, 0.2) is 36.4 Å². The molecule has 5 rings (SSSR count). The van der Waals surface area contributed by atoms with Crippen molar-refractivity contribution in [3.63, 3.8) is 0 Å². The first-order valence-corrected chi connectivity index (χ1v) is 14.6. The number of likely N-dealkylation sites (tertiary alicyclic amines) is 1. The molecule has 37 heavy (non-hydrogen) atoms. The van der Waals surface area contributed by atoms with Gasteiger partial charge in [0.05, 0.1) is 11.7 Å². The van der Waals surface area contributed by atoms with Gasteiger partial charge in [-0.15, -0.1) is 10.2 Å². The molecule has 1 unspecified atom stereocenters. The molecular formula is C28H35N5O2S2. The Morgan fingerprint density at radius 3 is 2.73 bits per heavy atom. The maximum Gasteiger partial charge on any atom is 0.148 e. The number of rotatable bonds is 9. The van der Waals surface area contributed by atoms with E-state index < -0.39 is 0 Å². The van der Waals surface area contributed by atoms with Crippen LogP contribution in [-0.2, 0) is 6.42 Å². The molecule has 0 amide bonds. The van der Waals surface area contributed by atoms with Crippen LogP contribution in [0.2, 0.25) is 0 Å². The molecule has 2 aliphatic rings. The van der Waals surface area contributed by atoms with Crippen molar-refractivity contribution in [2.45, 2.75) is 51.7 Å². The molecule has 196 valence electrons. The molecule has 1 aliphatic carbocycles. The zero-order chi connectivity index (χ0) is 26.2. The Kier molecular flexibility index (Phi) is 9.95. The Balaban J connectivity index is 0.00000156. The summed E-state index contributed by atoms with van der Waals surface area (Å²) in [6.07, 6.45) is 4.87. The Hall–Kier alpha value is -2.48. The van der Waals surface area contributed by atoms with E-state index in [1.807, 2.05) is 44.0 Å². The number of aromatic nitrogens is 2. The number of nitrogens with one attached hydrogen (secondary N) is 1. The summed E-state index contributed by atoms with van der Waals surface area (Å²) in [6.45, 7) is 7.60. The lowest BCUT2D eigenvalue weighted by Gasteiger charge is -2.17. The van der Waals surface area contributed by atoms with Crippen molar-refractivity contribution in [2.24, 2.45) is 0 Å². The van der Waals surface area contributed by atoms with Crippen LogP contribution in [0.25, 0.3) is 21.1 Å². The molecule has 0 bridgehead atoms. The second kappa shape index (κ2) is 13.4. The zero-order valence-corrected chi connectivity index (χ0v) is 23.4. The molecule has 2 heterocycles. The van der Waals surface area contributed by atoms with E-state index in [4.69, 9.17) is 9.84 Å². The van der Waals surface area contributed by atoms with Gasteiger partial charge in [0, 0.05) is 36.6 Å². The van der Waals surface area contributed by atoms with Gasteiger partial charge in [0.15, 0.2) is 0 Å². The van der Waals surface area contributed by atoms with Crippen LogP contribution >= 0.6 is 23.3 Å². The van der Waals surface area contributed by atoms with E-state index in [9.17, 15) is 5.26 Å². The highest BCUT2D eigenvalue weighted by Crippen LogP contribution is 2.40. The minimum Gasteiger partial charge on any atom is -0.490 e.